The Morgan fingerprint density at radius 2 is 1.82 bits per heavy atom. The number of aromatic nitrogens is 4. The molecule has 2 heterocycles. The lowest BCUT2D eigenvalue weighted by Gasteiger charge is -2.16. The van der Waals surface area contributed by atoms with Crippen molar-refractivity contribution in [2.24, 2.45) is 0 Å². The molecule has 16 heteroatoms. The SMILES string of the molecule is CO[C@H](C(=O)Nc1ccn(CCC(F)Cn2cc(C(=O)NCc3cccc(OC(F)(F)F)c3)nn2)c(=O)c1F)c1ccccc1. The molecule has 0 aliphatic rings. The molecule has 2 aromatic carbocycles. The summed E-state index contributed by atoms with van der Waals surface area (Å²) in [6.45, 7) is -0.671. The lowest BCUT2D eigenvalue weighted by molar-refractivity contribution is -0.274. The quantitative estimate of drug-likeness (QED) is 0.211. The molecule has 2 atom stereocenters. The van der Waals surface area contributed by atoms with Gasteiger partial charge in [0.15, 0.2) is 11.8 Å². The molecule has 0 aliphatic heterocycles. The first-order valence-electron chi connectivity index (χ1n) is 13.4. The number of aryl methyl sites for hydroxylation is 1. The van der Waals surface area contributed by atoms with E-state index in [1.807, 2.05) is 0 Å². The van der Waals surface area contributed by atoms with Crippen LogP contribution in [0.2, 0.25) is 0 Å². The van der Waals surface area contributed by atoms with Gasteiger partial charge in [-0.25, -0.2) is 9.07 Å². The van der Waals surface area contributed by atoms with Crippen molar-refractivity contribution >= 4 is 17.5 Å². The van der Waals surface area contributed by atoms with Gasteiger partial charge in [-0.1, -0.05) is 47.7 Å². The number of amides is 2. The van der Waals surface area contributed by atoms with Crippen LogP contribution in [0.3, 0.4) is 0 Å². The number of alkyl halides is 4. The van der Waals surface area contributed by atoms with Gasteiger partial charge in [-0.2, -0.15) is 4.39 Å². The van der Waals surface area contributed by atoms with E-state index in [1.165, 1.54) is 37.7 Å². The van der Waals surface area contributed by atoms with Gasteiger partial charge < -0.3 is 24.7 Å². The molecule has 4 rings (SSSR count). The van der Waals surface area contributed by atoms with Gasteiger partial charge in [0.1, 0.15) is 11.9 Å². The molecular formula is C29H27F5N6O5. The Morgan fingerprint density at radius 3 is 2.53 bits per heavy atom. The predicted molar refractivity (Wildman–Crippen MR) is 149 cm³/mol. The number of carbonyl (C=O) groups is 2. The third-order valence-corrected chi connectivity index (χ3v) is 6.37. The van der Waals surface area contributed by atoms with Crippen molar-refractivity contribution < 1.29 is 41.0 Å². The number of nitrogens with zero attached hydrogens (tertiary/aromatic N) is 4. The minimum absolute atomic E-state index is 0.139. The van der Waals surface area contributed by atoms with Gasteiger partial charge in [-0.05, 0) is 35.7 Å². The van der Waals surface area contributed by atoms with Crippen LogP contribution in [0.1, 0.15) is 34.1 Å². The number of hydrogen-bond donors (Lipinski definition) is 2. The van der Waals surface area contributed by atoms with Gasteiger partial charge >= 0.3 is 6.36 Å². The summed E-state index contributed by atoms with van der Waals surface area (Å²) in [5.41, 5.74) is -0.723. The minimum atomic E-state index is -4.86. The average Bonchev–Trinajstić information content (AvgIpc) is 3.46. The maximum absolute atomic E-state index is 14.8. The summed E-state index contributed by atoms with van der Waals surface area (Å²) in [5, 5.41) is 12.2. The zero-order valence-electron chi connectivity index (χ0n) is 23.6. The number of methoxy groups -OCH3 is 1. The lowest BCUT2D eigenvalue weighted by atomic mass is 10.1. The van der Waals surface area contributed by atoms with Crippen LogP contribution < -0.4 is 20.9 Å². The van der Waals surface area contributed by atoms with Crippen molar-refractivity contribution in [3.63, 3.8) is 0 Å². The third kappa shape index (κ3) is 9.18. The van der Waals surface area contributed by atoms with Crippen molar-refractivity contribution in [2.75, 3.05) is 12.4 Å². The predicted octanol–water partition coefficient (Wildman–Crippen LogP) is 4.16. The van der Waals surface area contributed by atoms with Crippen LogP contribution in [0.5, 0.6) is 5.75 Å². The van der Waals surface area contributed by atoms with Crippen molar-refractivity contribution in [2.45, 2.75) is 44.7 Å². The fourth-order valence-corrected chi connectivity index (χ4v) is 4.23. The number of hydrogen-bond acceptors (Lipinski definition) is 7. The summed E-state index contributed by atoms with van der Waals surface area (Å²) in [5.74, 6) is -3.06. The van der Waals surface area contributed by atoms with Crippen LogP contribution in [-0.2, 0) is 29.2 Å². The molecule has 0 aliphatic carbocycles. The van der Waals surface area contributed by atoms with Crippen molar-refractivity contribution in [1.82, 2.24) is 24.9 Å². The largest absolute Gasteiger partial charge is 0.573 e. The number of carbonyl (C=O) groups excluding carboxylic acids is 2. The molecule has 238 valence electrons. The van der Waals surface area contributed by atoms with E-state index in [0.29, 0.717) is 11.1 Å². The fourth-order valence-electron chi connectivity index (χ4n) is 4.23. The molecule has 0 saturated heterocycles. The smallest absolute Gasteiger partial charge is 0.406 e. The molecule has 1 unspecified atom stereocenters. The molecule has 11 nitrogen and oxygen atoms in total. The Hall–Kier alpha value is -5.12. The molecule has 4 aromatic rings. The monoisotopic (exact) mass is 634 g/mol. The second-order valence-corrected chi connectivity index (χ2v) is 9.65. The number of halogens is 5. The van der Waals surface area contributed by atoms with Gasteiger partial charge in [0.05, 0.1) is 18.4 Å². The van der Waals surface area contributed by atoms with E-state index < -0.39 is 47.6 Å². The zero-order chi connectivity index (χ0) is 32.6. The molecular weight excluding hydrogens is 607 g/mol. The first-order chi connectivity index (χ1) is 21.4. The molecule has 0 spiro atoms. The molecule has 0 saturated carbocycles. The van der Waals surface area contributed by atoms with Crippen molar-refractivity contribution in [3.8, 4) is 5.75 Å². The van der Waals surface area contributed by atoms with Crippen LogP contribution in [0, 0.1) is 5.82 Å². The second-order valence-electron chi connectivity index (χ2n) is 9.65. The van der Waals surface area contributed by atoms with Crippen molar-refractivity contribution in [1.29, 1.82) is 0 Å². The normalized spacial score (nSPS) is 12.8. The van der Waals surface area contributed by atoms with Crippen LogP contribution >= 0.6 is 0 Å². The summed E-state index contributed by atoms with van der Waals surface area (Å²) in [6.07, 6.45) is -5.29. The Balaban J connectivity index is 1.28. The first-order valence-corrected chi connectivity index (χ1v) is 13.4. The number of nitrogens with one attached hydrogen (secondary N) is 2. The third-order valence-electron chi connectivity index (χ3n) is 6.37. The summed E-state index contributed by atoms with van der Waals surface area (Å²) in [6, 6.07) is 14.7. The van der Waals surface area contributed by atoms with E-state index >= 15 is 0 Å². The highest BCUT2D eigenvalue weighted by Gasteiger charge is 2.31. The maximum Gasteiger partial charge on any atom is 0.573 e. The highest BCUT2D eigenvalue weighted by atomic mass is 19.4. The highest BCUT2D eigenvalue weighted by Crippen LogP contribution is 2.23. The number of ether oxygens (including phenoxy) is 2. The van der Waals surface area contributed by atoms with E-state index in [0.717, 1.165) is 21.4 Å². The Morgan fingerprint density at radius 1 is 1.07 bits per heavy atom. The maximum atomic E-state index is 14.8. The number of anilines is 1. The van der Waals surface area contributed by atoms with Gasteiger partial charge in [0, 0.05) is 26.4 Å². The summed E-state index contributed by atoms with van der Waals surface area (Å²) < 4.78 is 77.9. The number of pyridine rings is 1. The second kappa shape index (κ2) is 14.6. The fraction of sp³-hybridized carbons (Fsp3) is 0.276. The van der Waals surface area contributed by atoms with Gasteiger partial charge in [-0.3, -0.25) is 14.4 Å². The average molecular weight is 635 g/mol. The van der Waals surface area contributed by atoms with Gasteiger partial charge in [0.2, 0.25) is 5.82 Å². The minimum Gasteiger partial charge on any atom is -0.406 e. The van der Waals surface area contributed by atoms with Crippen LogP contribution in [0.15, 0.2) is 77.9 Å². The highest BCUT2D eigenvalue weighted by molar-refractivity contribution is 5.95. The van der Waals surface area contributed by atoms with E-state index in [-0.39, 0.29) is 37.4 Å². The van der Waals surface area contributed by atoms with E-state index in [2.05, 4.69) is 25.7 Å². The number of rotatable bonds is 13. The van der Waals surface area contributed by atoms with E-state index in [9.17, 15) is 36.3 Å². The topological polar surface area (TPSA) is 129 Å². The van der Waals surface area contributed by atoms with Gasteiger partial charge in [-0.15, -0.1) is 18.3 Å². The first kappa shape index (κ1) is 32.8. The summed E-state index contributed by atoms with van der Waals surface area (Å²) >= 11 is 0. The van der Waals surface area contributed by atoms with Crippen molar-refractivity contribution in [3.05, 3.63) is 106 Å². The lowest BCUT2D eigenvalue weighted by Crippen LogP contribution is -2.28. The standard InChI is InChI=1S/C29H27F5N6O5/c1-44-25(19-7-3-2-4-8-19)27(42)36-22-11-13-39(28(43)24(22)31)12-10-20(30)16-40-17-23(37-38-40)26(41)35-15-18-6-5-9-21(14-18)45-29(32,33)34/h2-9,11,13-14,17,20,25H,10,12,15-16H2,1H3,(H,35,41)(H,36,42)/t20?,25-/m0/s1. The zero-order valence-corrected chi connectivity index (χ0v) is 23.6. The Bertz CT molecular complexity index is 1680. The number of benzene rings is 2. The van der Waals surface area contributed by atoms with Gasteiger partial charge in [0.25, 0.3) is 17.4 Å². The van der Waals surface area contributed by atoms with Crippen LogP contribution in [0.25, 0.3) is 0 Å². The molecule has 0 fully saturated rings. The van der Waals surface area contributed by atoms with E-state index in [4.69, 9.17) is 4.74 Å². The Labute approximate surface area is 252 Å². The molecule has 45 heavy (non-hydrogen) atoms. The molecule has 2 amide bonds. The van der Waals surface area contributed by atoms with E-state index in [1.54, 1.807) is 30.3 Å². The summed E-state index contributed by atoms with van der Waals surface area (Å²) in [7, 11) is 1.32. The molecule has 2 aromatic heterocycles. The molecule has 0 radical (unpaired) electrons. The van der Waals surface area contributed by atoms with Crippen LogP contribution in [-0.4, -0.2) is 51.0 Å². The molecule has 0 bridgehead atoms. The summed E-state index contributed by atoms with van der Waals surface area (Å²) in [4.78, 5) is 37.6. The molecule has 2 N–H and O–H groups in total. The Kier molecular flexibility index (Phi) is 10.6. The van der Waals surface area contributed by atoms with Crippen LogP contribution in [0.4, 0.5) is 27.6 Å².